The summed E-state index contributed by atoms with van der Waals surface area (Å²) in [5, 5.41) is 17.7. The molecule has 0 amide bonds. The third-order valence-electron chi connectivity index (χ3n) is 4.67. The van der Waals surface area contributed by atoms with E-state index < -0.39 is 0 Å². The summed E-state index contributed by atoms with van der Waals surface area (Å²) >= 11 is 0. The number of aliphatic hydroxyl groups is 1. The molecule has 1 atom stereocenters. The number of aliphatic hydroxyl groups excluding tert-OH is 1. The van der Waals surface area contributed by atoms with Gasteiger partial charge in [0.05, 0.1) is 35.9 Å². The fraction of sp³-hybridized carbons (Fsp3) is 0.556. The number of anilines is 1. The zero-order valence-electron chi connectivity index (χ0n) is 15.5. The molecule has 2 aromatic rings. The van der Waals surface area contributed by atoms with Gasteiger partial charge in [-0.15, -0.1) is 5.10 Å². The largest absolute Gasteiger partial charge is 0.461 e. The van der Waals surface area contributed by atoms with E-state index in [2.05, 4.69) is 22.1 Å². The quantitative estimate of drug-likeness (QED) is 0.808. The van der Waals surface area contributed by atoms with Crippen LogP contribution in [0.4, 0.5) is 5.69 Å². The van der Waals surface area contributed by atoms with E-state index >= 15 is 0 Å². The van der Waals surface area contributed by atoms with Crippen molar-refractivity contribution >= 4 is 11.7 Å². The Bertz CT molecular complexity index is 789. The van der Waals surface area contributed by atoms with Crippen LogP contribution in [0.3, 0.4) is 0 Å². The van der Waals surface area contributed by atoms with Crippen LogP contribution >= 0.6 is 0 Å². The van der Waals surface area contributed by atoms with E-state index in [0.29, 0.717) is 23.6 Å². The van der Waals surface area contributed by atoms with Crippen molar-refractivity contribution < 1.29 is 14.6 Å². The number of piperidine rings is 1. The standard InChI is InChI=1S/C18H25N5O3/c1-4-14-16(23-9-5-6-13(10-23)26-12(2)25)8-7-15(19-14)18-17(11-24)22(3)21-20-18/h7-8,13,24H,4-6,9-11H2,1-3H3. The molecule has 1 aliphatic rings. The zero-order valence-corrected chi connectivity index (χ0v) is 15.5. The lowest BCUT2D eigenvalue weighted by molar-refractivity contribution is -0.146. The maximum Gasteiger partial charge on any atom is 0.302 e. The van der Waals surface area contributed by atoms with Gasteiger partial charge in [0.15, 0.2) is 0 Å². The highest BCUT2D eigenvalue weighted by atomic mass is 16.5. The second-order valence-electron chi connectivity index (χ2n) is 6.50. The van der Waals surface area contributed by atoms with Gasteiger partial charge in [-0.2, -0.15) is 0 Å². The van der Waals surface area contributed by atoms with Crippen molar-refractivity contribution in [3.05, 3.63) is 23.5 Å². The fourth-order valence-corrected chi connectivity index (χ4v) is 3.41. The lowest BCUT2D eigenvalue weighted by Crippen LogP contribution is -2.40. The monoisotopic (exact) mass is 359 g/mol. The number of ether oxygens (including phenoxy) is 1. The number of hydrogen-bond acceptors (Lipinski definition) is 7. The van der Waals surface area contributed by atoms with Crippen LogP contribution in [0, 0.1) is 0 Å². The summed E-state index contributed by atoms with van der Waals surface area (Å²) < 4.78 is 6.95. The molecule has 0 spiro atoms. The molecule has 3 rings (SSSR count). The van der Waals surface area contributed by atoms with Gasteiger partial charge in [0, 0.05) is 20.5 Å². The number of hydrogen-bond donors (Lipinski definition) is 1. The second-order valence-corrected chi connectivity index (χ2v) is 6.50. The number of aryl methyl sites for hydroxylation is 2. The van der Waals surface area contributed by atoms with Crippen molar-refractivity contribution in [2.45, 2.75) is 45.8 Å². The molecule has 3 heterocycles. The zero-order chi connectivity index (χ0) is 18.7. The molecule has 0 aromatic carbocycles. The predicted molar refractivity (Wildman–Crippen MR) is 96.5 cm³/mol. The Morgan fingerprint density at radius 1 is 1.42 bits per heavy atom. The number of nitrogens with zero attached hydrogens (tertiary/aromatic N) is 5. The summed E-state index contributed by atoms with van der Waals surface area (Å²) in [5.74, 6) is -0.236. The molecule has 1 N–H and O–H groups in total. The van der Waals surface area contributed by atoms with Gasteiger partial charge in [-0.1, -0.05) is 12.1 Å². The maximum atomic E-state index is 11.3. The van der Waals surface area contributed by atoms with Crippen molar-refractivity contribution in [3.8, 4) is 11.4 Å². The van der Waals surface area contributed by atoms with Crippen LogP contribution in [0.2, 0.25) is 0 Å². The average molecular weight is 359 g/mol. The van der Waals surface area contributed by atoms with Crippen LogP contribution in [-0.2, 0) is 29.6 Å². The Morgan fingerprint density at radius 2 is 2.23 bits per heavy atom. The minimum absolute atomic E-state index is 0.0772. The van der Waals surface area contributed by atoms with E-state index in [-0.39, 0.29) is 18.7 Å². The van der Waals surface area contributed by atoms with Crippen molar-refractivity contribution in [3.63, 3.8) is 0 Å². The van der Waals surface area contributed by atoms with Crippen LogP contribution in [0.25, 0.3) is 11.4 Å². The molecule has 0 radical (unpaired) electrons. The number of aromatic nitrogens is 4. The van der Waals surface area contributed by atoms with Crippen molar-refractivity contribution in [1.82, 2.24) is 20.0 Å². The Balaban J connectivity index is 1.88. The molecule has 1 aliphatic heterocycles. The Labute approximate surface area is 152 Å². The lowest BCUT2D eigenvalue weighted by atomic mass is 10.1. The molecule has 0 saturated carbocycles. The maximum absolute atomic E-state index is 11.3. The molecule has 0 aliphatic carbocycles. The smallest absolute Gasteiger partial charge is 0.302 e. The molecular formula is C18H25N5O3. The topological polar surface area (TPSA) is 93.4 Å². The Kier molecular flexibility index (Phi) is 5.51. The highest BCUT2D eigenvalue weighted by Gasteiger charge is 2.24. The van der Waals surface area contributed by atoms with Crippen molar-refractivity contribution in [1.29, 1.82) is 0 Å². The number of rotatable bonds is 5. The first-order valence-corrected chi connectivity index (χ1v) is 8.95. The molecule has 2 aromatic heterocycles. The molecule has 0 bridgehead atoms. The number of esters is 1. The summed E-state index contributed by atoms with van der Waals surface area (Å²) in [5.41, 5.74) is 3.97. The highest BCUT2D eigenvalue weighted by Crippen LogP contribution is 2.28. The summed E-state index contributed by atoms with van der Waals surface area (Å²) in [7, 11) is 1.75. The van der Waals surface area contributed by atoms with Crippen LogP contribution in [0.15, 0.2) is 12.1 Å². The van der Waals surface area contributed by atoms with E-state index in [1.165, 1.54) is 6.92 Å². The minimum Gasteiger partial charge on any atom is -0.461 e. The Morgan fingerprint density at radius 3 is 2.92 bits per heavy atom. The fourth-order valence-electron chi connectivity index (χ4n) is 3.41. The molecule has 1 saturated heterocycles. The summed E-state index contributed by atoms with van der Waals surface area (Å²) in [6, 6.07) is 3.94. The third kappa shape index (κ3) is 3.70. The first-order valence-electron chi connectivity index (χ1n) is 8.95. The van der Waals surface area contributed by atoms with Gasteiger partial charge in [0.1, 0.15) is 11.8 Å². The Hall–Kier alpha value is -2.48. The normalized spacial score (nSPS) is 17.4. The van der Waals surface area contributed by atoms with Gasteiger partial charge in [0.2, 0.25) is 0 Å². The van der Waals surface area contributed by atoms with Crippen LogP contribution in [0.1, 0.15) is 38.1 Å². The molecular weight excluding hydrogens is 334 g/mol. The van der Waals surface area contributed by atoms with E-state index in [1.807, 2.05) is 12.1 Å². The molecule has 1 fully saturated rings. The highest BCUT2D eigenvalue weighted by molar-refractivity contribution is 5.66. The summed E-state index contributed by atoms with van der Waals surface area (Å²) in [4.78, 5) is 18.3. The van der Waals surface area contributed by atoms with Gasteiger partial charge >= 0.3 is 5.97 Å². The minimum atomic E-state index is -0.236. The van der Waals surface area contributed by atoms with Gasteiger partial charge in [-0.05, 0) is 31.4 Å². The first-order chi connectivity index (χ1) is 12.5. The molecule has 26 heavy (non-hydrogen) atoms. The SMILES string of the molecule is CCc1nc(-c2nnn(C)c2CO)ccc1N1CCCC(OC(C)=O)C1. The molecule has 8 heteroatoms. The van der Waals surface area contributed by atoms with E-state index in [9.17, 15) is 9.90 Å². The van der Waals surface area contributed by atoms with Crippen LogP contribution in [0.5, 0.6) is 0 Å². The predicted octanol–water partition coefficient (Wildman–Crippen LogP) is 1.46. The van der Waals surface area contributed by atoms with Crippen molar-refractivity contribution in [2.75, 3.05) is 18.0 Å². The average Bonchev–Trinajstić information content (AvgIpc) is 3.01. The van der Waals surface area contributed by atoms with Crippen LogP contribution < -0.4 is 4.90 Å². The van der Waals surface area contributed by atoms with Gasteiger partial charge in [-0.25, -0.2) is 9.67 Å². The third-order valence-corrected chi connectivity index (χ3v) is 4.67. The van der Waals surface area contributed by atoms with E-state index in [1.54, 1.807) is 11.7 Å². The number of carbonyl (C=O) groups is 1. The first kappa shape index (κ1) is 18.3. The number of carbonyl (C=O) groups excluding carboxylic acids is 1. The summed E-state index contributed by atoms with van der Waals surface area (Å²) in [6.07, 6.45) is 2.56. The van der Waals surface area contributed by atoms with Gasteiger partial charge in [-0.3, -0.25) is 4.79 Å². The lowest BCUT2D eigenvalue weighted by Gasteiger charge is -2.34. The molecule has 8 nitrogen and oxygen atoms in total. The molecule has 1 unspecified atom stereocenters. The molecule has 140 valence electrons. The van der Waals surface area contributed by atoms with Crippen molar-refractivity contribution in [2.24, 2.45) is 7.05 Å². The number of pyridine rings is 1. The van der Waals surface area contributed by atoms with E-state index in [0.717, 1.165) is 37.2 Å². The summed E-state index contributed by atoms with van der Waals surface area (Å²) in [6.45, 7) is 4.97. The van der Waals surface area contributed by atoms with E-state index in [4.69, 9.17) is 9.72 Å². The van der Waals surface area contributed by atoms with Gasteiger partial charge < -0.3 is 14.7 Å². The second kappa shape index (κ2) is 7.82. The van der Waals surface area contributed by atoms with Gasteiger partial charge in [0.25, 0.3) is 0 Å². The van der Waals surface area contributed by atoms with Crippen LogP contribution in [-0.4, -0.2) is 50.2 Å².